The molecule has 2 aromatic carbocycles. The zero-order valence-electron chi connectivity index (χ0n) is 13.7. The Labute approximate surface area is 141 Å². The van der Waals surface area contributed by atoms with E-state index in [1.807, 2.05) is 61.5 Å². The van der Waals surface area contributed by atoms with Crippen molar-refractivity contribution in [2.75, 3.05) is 17.3 Å². The summed E-state index contributed by atoms with van der Waals surface area (Å²) in [6, 6.07) is 21.2. The molecular weight excluding hydrogens is 298 g/mol. The van der Waals surface area contributed by atoms with Gasteiger partial charge in [-0.3, -0.25) is 9.78 Å². The first-order chi connectivity index (χ1) is 11.6. The summed E-state index contributed by atoms with van der Waals surface area (Å²) in [4.78, 5) is 18.4. The van der Waals surface area contributed by atoms with Crippen molar-refractivity contribution >= 4 is 23.0 Å². The normalized spacial score (nSPS) is 10.2. The lowest BCUT2D eigenvalue weighted by Crippen LogP contribution is -2.27. The fourth-order valence-corrected chi connectivity index (χ4v) is 2.46. The van der Waals surface area contributed by atoms with Crippen LogP contribution in [0.4, 0.5) is 17.1 Å². The molecule has 24 heavy (non-hydrogen) atoms. The minimum atomic E-state index is -0.144. The van der Waals surface area contributed by atoms with Crippen molar-refractivity contribution in [3.8, 4) is 0 Å². The number of anilines is 3. The van der Waals surface area contributed by atoms with Gasteiger partial charge >= 0.3 is 0 Å². The molecule has 0 aliphatic rings. The topological polar surface area (TPSA) is 45.2 Å². The van der Waals surface area contributed by atoms with Crippen LogP contribution in [0, 0.1) is 6.92 Å². The van der Waals surface area contributed by atoms with Gasteiger partial charge in [-0.25, -0.2) is 0 Å². The summed E-state index contributed by atoms with van der Waals surface area (Å²) >= 11 is 0. The van der Waals surface area contributed by atoms with E-state index in [0.29, 0.717) is 5.69 Å². The number of aromatic nitrogens is 1. The van der Waals surface area contributed by atoms with Crippen LogP contribution in [0.2, 0.25) is 0 Å². The number of aryl methyl sites for hydroxylation is 1. The van der Waals surface area contributed by atoms with Crippen molar-refractivity contribution in [3.63, 3.8) is 0 Å². The lowest BCUT2D eigenvalue weighted by atomic mass is 10.2. The van der Waals surface area contributed by atoms with E-state index >= 15 is 0 Å². The van der Waals surface area contributed by atoms with E-state index in [-0.39, 0.29) is 5.91 Å². The maximum atomic E-state index is 12.6. The summed E-state index contributed by atoms with van der Waals surface area (Å²) in [6.45, 7) is 2.04. The van der Waals surface area contributed by atoms with Gasteiger partial charge in [-0.15, -0.1) is 0 Å². The minimum absolute atomic E-state index is 0.144. The summed E-state index contributed by atoms with van der Waals surface area (Å²) in [5, 5.41) is 3.31. The first-order valence-electron chi connectivity index (χ1n) is 7.76. The van der Waals surface area contributed by atoms with E-state index in [4.69, 9.17) is 0 Å². The molecule has 120 valence electrons. The fraction of sp³-hybridized carbons (Fsp3) is 0.100. The Morgan fingerprint density at radius 2 is 1.71 bits per heavy atom. The van der Waals surface area contributed by atoms with Crippen molar-refractivity contribution in [1.29, 1.82) is 0 Å². The highest BCUT2D eigenvalue weighted by molar-refractivity contribution is 6.04. The number of carbonyl (C=O) groups excluding carboxylic acids is 1. The molecule has 1 heterocycles. The number of nitrogens with one attached hydrogen (secondary N) is 1. The Bertz CT molecular complexity index is 846. The molecule has 0 unspecified atom stereocenters. The van der Waals surface area contributed by atoms with Gasteiger partial charge in [-0.2, -0.15) is 0 Å². The summed E-state index contributed by atoms with van der Waals surface area (Å²) in [6.07, 6.45) is 1.64. The highest BCUT2D eigenvalue weighted by Gasteiger charge is 2.15. The summed E-state index contributed by atoms with van der Waals surface area (Å²) in [5.74, 6) is -0.144. The van der Waals surface area contributed by atoms with E-state index < -0.39 is 0 Å². The minimum Gasteiger partial charge on any atom is -0.355 e. The molecule has 0 fully saturated rings. The van der Waals surface area contributed by atoms with Gasteiger partial charge in [0.1, 0.15) is 5.69 Å². The number of rotatable bonds is 4. The Morgan fingerprint density at radius 1 is 0.958 bits per heavy atom. The van der Waals surface area contributed by atoms with Gasteiger partial charge in [-0.1, -0.05) is 30.3 Å². The molecule has 4 nitrogen and oxygen atoms in total. The number of benzene rings is 2. The number of hydrogen-bond donors (Lipinski definition) is 1. The summed E-state index contributed by atoms with van der Waals surface area (Å²) in [5.41, 5.74) is 4.23. The Balaban J connectivity index is 1.81. The Hall–Kier alpha value is -3.14. The SMILES string of the molecule is Cc1cccc(Nc2ccnc(C(=O)N(C)c3ccccc3)c2)c1. The van der Waals surface area contributed by atoms with Gasteiger partial charge in [0.05, 0.1) is 0 Å². The van der Waals surface area contributed by atoms with E-state index in [1.165, 1.54) is 5.56 Å². The Kier molecular flexibility index (Phi) is 4.57. The first kappa shape index (κ1) is 15.7. The molecule has 0 aliphatic heterocycles. The Morgan fingerprint density at radius 3 is 2.46 bits per heavy atom. The van der Waals surface area contributed by atoms with Gasteiger partial charge in [-0.05, 0) is 48.9 Å². The molecule has 1 aromatic heterocycles. The molecule has 0 bridgehead atoms. The van der Waals surface area contributed by atoms with Crippen LogP contribution in [-0.4, -0.2) is 17.9 Å². The third-order valence-corrected chi connectivity index (χ3v) is 3.73. The lowest BCUT2D eigenvalue weighted by Gasteiger charge is -2.17. The van der Waals surface area contributed by atoms with Crippen LogP contribution in [0.1, 0.15) is 16.1 Å². The highest BCUT2D eigenvalue weighted by atomic mass is 16.2. The molecule has 3 rings (SSSR count). The second kappa shape index (κ2) is 6.96. The molecule has 3 aromatic rings. The third kappa shape index (κ3) is 3.60. The standard InChI is InChI=1S/C20H19N3O/c1-15-7-6-8-16(13-15)22-17-11-12-21-19(14-17)20(24)23(2)18-9-4-3-5-10-18/h3-14H,1-2H3,(H,21,22). The van der Waals surface area contributed by atoms with Gasteiger partial charge in [0.15, 0.2) is 0 Å². The van der Waals surface area contributed by atoms with E-state index in [0.717, 1.165) is 17.1 Å². The van der Waals surface area contributed by atoms with Crippen molar-refractivity contribution in [2.24, 2.45) is 0 Å². The molecule has 0 saturated carbocycles. The molecule has 1 amide bonds. The fourth-order valence-electron chi connectivity index (χ4n) is 2.46. The van der Waals surface area contributed by atoms with Crippen LogP contribution in [0.3, 0.4) is 0 Å². The zero-order chi connectivity index (χ0) is 16.9. The average Bonchev–Trinajstić information content (AvgIpc) is 2.61. The largest absolute Gasteiger partial charge is 0.355 e. The second-order valence-electron chi connectivity index (χ2n) is 5.62. The van der Waals surface area contributed by atoms with Gasteiger partial charge < -0.3 is 10.2 Å². The third-order valence-electron chi connectivity index (χ3n) is 3.73. The van der Waals surface area contributed by atoms with Crippen molar-refractivity contribution in [1.82, 2.24) is 4.98 Å². The molecule has 0 radical (unpaired) electrons. The van der Waals surface area contributed by atoms with Gasteiger partial charge in [0, 0.05) is 30.3 Å². The molecule has 4 heteroatoms. The van der Waals surface area contributed by atoms with Crippen molar-refractivity contribution in [2.45, 2.75) is 6.92 Å². The van der Waals surface area contributed by atoms with Crippen LogP contribution in [0.25, 0.3) is 0 Å². The zero-order valence-corrected chi connectivity index (χ0v) is 13.7. The smallest absolute Gasteiger partial charge is 0.276 e. The number of amides is 1. The van der Waals surface area contributed by atoms with Crippen LogP contribution in [0.5, 0.6) is 0 Å². The van der Waals surface area contributed by atoms with E-state index in [1.54, 1.807) is 24.2 Å². The molecular formula is C20H19N3O. The van der Waals surface area contributed by atoms with Crippen LogP contribution >= 0.6 is 0 Å². The molecule has 0 saturated heterocycles. The number of para-hydroxylation sites is 1. The molecule has 1 N–H and O–H groups in total. The maximum Gasteiger partial charge on any atom is 0.276 e. The number of nitrogens with zero attached hydrogens (tertiary/aromatic N) is 2. The van der Waals surface area contributed by atoms with Crippen molar-refractivity contribution in [3.05, 3.63) is 84.2 Å². The molecule has 0 atom stereocenters. The van der Waals surface area contributed by atoms with E-state index in [2.05, 4.69) is 16.4 Å². The quantitative estimate of drug-likeness (QED) is 0.775. The van der Waals surface area contributed by atoms with E-state index in [9.17, 15) is 4.79 Å². The second-order valence-corrected chi connectivity index (χ2v) is 5.62. The van der Waals surface area contributed by atoms with Crippen LogP contribution in [0.15, 0.2) is 72.9 Å². The lowest BCUT2D eigenvalue weighted by molar-refractivity contribution is 0.0988. The maximum absolute atomic E-state index is 12.6. The summed E-state index contributed by atoms with van der Waals surface area (Å²) < 4.78 is 0. The monoisotopic (exact) mass is 317 g/mol. The first-order valence-corrected chi connectivity index (χ1v) is 7.76. The average molecular weight is 317 g/mol. The predicted octanol–water partition coefficient (Wildman–Crippen LogP) is 4.41. The van der Waals surface area contributed by atoms with Gasteiger partial charge in [0.25, 0.3) is 5.91 Å². The number of hydrogen-bond acceptors (Lipinski definition) is 3. The predicted molar refractivity (Wildman–Crippen MR) is 97.9 cm³/mol. The number of pyridine rings is 1. The highest BCUT2D eigenvalue weighted by Crippen LogP contribution is 2.19. The van der Waals surface area contributed by atoms with Gasteiger partial charge in [0.2, 0.25) is 0 Å². The van der Waals surface area contributed by atoms with Crippen molar-refractivity contribution < 1.29 is 4.79 Å². The van der Waals surface area contributed by atoms with Crippen LogP contribution < -0.4 is 10.2 Å². The van der Waals surface area contributed by atoms with Crippen LogP contribution in [-0.2, 0) is 0 Å². The number of carbonyl (C=O) groups is 1. The molecule has 0 aliphatic carbocycles. The summed E-state index contributed by atoms with van der Waals surface area (Å²) in [7, 11) is 1.75. The molecule has 0 spiro atoms.